The summed E-state index contributed by atoms with van der Waals surface area (Å²) in [5, 5.41) is 55.6. The second kappa shape index (κ2) is 35.3. The molecule has 10 heterocycles. The van der Waals surface area contributed by atoms with Gasteiger partial charge in [-0.2, -0.15) is 46.0 Å². The van der Waals surface area contributed by atoms with E-state index in [1.54, 1.807) is 109 Å². The number of β-amino-alcohol motifs (C(OH)–C–C–N with tert-alkyl or cyclic N) is 1. The fraction of sp³-hybridized carbons (Fsp3) is 0.185. The number of aromatic nitrogens is 13. The average Bonchev–Trinajstić information content (AvgIpc) is 1.55. The summed E-state index contributed by atoms with van der Waals surface area (Å²) in [6.45, 7) is 13.8. The first-order chi connectivity index (χ1) is 59.0. The number of nitrogens with zero attached hydrogens (tertiary/aromatic N) is 18. The molecule has 2 fully saturated rings. The van der Waals surface area contributed by atoms with Crippen molar-refractivity contribution in [3.63, 3.8) is 0 Å². The predicted molar refractivity (Wildman–Crippen MR) is 459 cm³/mol. The summed E-state index contributed by atoms with van der Waals surface area (Å²) in [7, 11) is 5.35. The molecule has 6 N–H and O–H groups in total. The third-order valence-electron chi connectivity index (χ3n) is 20.6. The van der Waals surface area contributed by atoms with Crippen LogP contribution in [0.4, 0.5) is 34.9 Å². The largest absolute Gasteiger partial charge is 0.436 e. The molecule has 17 rings (SSSR count). The normalized spacial score (nSPS) is 13.3. The highest BCUT2D eigenvalue weighted by Gasteiger charge is 2.29. The maximum absolute atomic E-state index is 12.8. The van der Waals surface area contributed by atoms with Crippen molar-refractivity contribution in [3.8, 4) is 92.8 Å². The van der Waals surface area contributed by atoms with Gasteiger partial charge in [-0.05, 0) is 251 Å². The molecule has 3 amide bonds. The summed E-state index contributed by atoms with van der Waals surface area (Å²) >= 11 is 0. The fourth-order valence-corrected chi connectivity index (χ4v) is 14.3. The molecule has 15 aromatic rings. The van der Waals surface area contributed by atoms with Crippen molar-refractivity contribution in [2.45, 2.75) is 60.5 Å². The van der Waals surface area contributed by atoms with Crippen LogP contribution >= 0.6 is 0 Å². The molecule has 2 saturated heterocycles. The molecule has 2 atom stereocenters. The molecule has 0 spiro atoms. The molecular formula is C92H79N23O7. The predicted octanol–water partition coefficient (Wildman–Crippen LogP) is 16.4. The van der Waals surface area contributed by atoms with Gasteiger partial charge in [0.1, 0.15) is 33.8 Å². The number of pyridine rings is 2. The Morgan fingerprint density at radius 2 is 0.877 bits per heavy atom. The molecule has 0 aliphatic carbocycles. The smallest absolute Gasteiger partial charge is 0.255 e. The number of H-pyrrole nitrogens is 2. The first-order valence-electron chi connectivity index (χ1n) is 38.9. The Morgan fingerprint density at radius 1 is 0.467 bits per heavy atom. The minimum Gasteiger partial charge on any atom is -0.436 e. The highest BCUT2D eigenvalue weighted by Crippen LogP contribution is 2.40. The number of ether oxygens (including phenoxy) is 3. The van der Waals surface area contributed by atoms with E-state index in [9.17, 15) is 19.5 Å². The summed E-state index contributed by atoms with van der Waals surface area (Å²) in [5.41, 5.74) is 19.8. The van der Waals surface area contributed by atoms with E-state index >= 15 is 0 Å². The number of benzene rings is 7. The highest BCUT2D eigenvalue weighted by atomic mass is 16.5. The number of aromatic amines is 2. The zero-order chi connectivity index (χ0) is 85.4. The number of likely N-dealkylation sites (tertiary alicyclic amines) is 2. The fourth-order valence-electron chi connectivity index (χ4n) is 14.3. The van der Waals surface area contributed by atoms with E-state index in [1.165, 1.54) is 17.6 Å². The van der Waals surface area contributed by atoms with Crippen molar-refractivity contribution in [2.75, 3.05) is 56.2 Å². The van der Waals surface area contributed by atoms with Crippen molar-refractivity contribution in [2.24, 2.45) is 13.0 Å². The molecule has 30 nitrogen and oxygen atoms in total. The summed E-state index contributed by atoms with van der Waals surface area (Å²) in [6, 6.07) is 58.4. The van der Waals surface area contributed by atoms with Crippen molar-refractivity contribution in [3.05, 3.63) is 262 Å². The van der Waals surface area contributed by atoms with E-state index in [0.29, 0.717) is 147 Å². The van der Waals surface area contributed by atoms with Gasteiger partial charge in [-0.25, -0.2) is 15.0 Å². The number of fused-ring (bicyclic) bond motifs is 3. The zero-order valence-electron chi connectivity index (χ0n) is 67.8. The highest BCUT2D eigenvalue weighted by molar-refractivity contribution is 5.96. The number of nitrogens with one attached hydrogen (secondary N) is 5. The number of nitriles is 4. The standard InChI is InChI=1S/C33H30N6O3.C31H25N9O2.C28H24N8O2/c1-20-16-25(23-6-8-24(9-7-23)32(41)39-15-12-27(40)19-39)17-21(2)30(20)42-31-29-28(13-14-38(29)3)36-33(37-31)35-26-10-4-22(18-34)5-11-26;1-18-11-23(25-8-5-22(15-34-25)30(41)40-10-9-21(14-33)16-40)12-19(2)27(18)42-29-26-28(36-17-35-26)38-31(39-29)37-24-6-3-20(13-32)4-7-24;1-16-11-20(22-10-7-19(14-30-22)27(37)36(3)4)12-17(2)24(16)38-26-23-25(32-15-31-23)34-28(35-26)33-21-8-5-18(13-29)6-9-21/h4-11,13-14,16-17,27,40H,12,15,19H2,1-3H3,(H,35,36,37);3-8,11-12,15,17,21H,9-10,16H2,1-2H3,(H2,35,36,37,38,39);5-12,14-15H,1-4H3,(H2,31,32,33,34,35). The number of carbonyl (C=O) groups is 3. The Kier molecular flexibility index (Phi) is 23.4. The summed E-state index contributed by atoms with van der Waals surface area (Å²) in [4.78, 5) is 93.9. The lowest BCUT2D eigenvalue weighted by Crippen LogP contribution is -2.29. The number of anilines is 6. The number of aliphatic hydroxyl groups excluding tert-OH is 1. The number of aryl methyl sites for hydroxylation is 7. The maximum atomic E-state index is 12.8. The number of amides is 3. The van der Waals surface area contributed by atoms with Crippen LogP contribution in [0.3, 0.4) is 0 Å². The van der Waals surface area contributed by atoms with Gasteiger partial charge in [0.25, 0.3) is 29.5 Å². The van der Waals surface area contributed by atoms with Gasteiger partial charge in [0.05, 0.1) is 93.7 Å². The van der Waals surface area contributed by atoms with E-state index < -0.39 is 6.10 Å². The Morgan fingerprint density at radius 3 is 1.30 bits per heavy atom. The Bertz CT molecular complexity index is 6610. The van der Waals surface area contributed by atoms with Gasteiger partial charge in [-0.15, -0.1) is 0 Å². The molecule has 2 aliphatic rings. The molecule has 0 bridgehead atoms. The van der Waals surface area contributed by atoms with Crippen LogP contribution in [-0.4, -0.2) is 148 Å². The van der Waals surface area contributed by atoms with Crippen molar-refractivity contribution in [1.29, 1.82) is 21.0 Å². The van der Waals surface area contributed by atoms with Gasteiger partial charge in [0.15, 0.2) is 11.3 Å². The molecule has 604 valence electrons. The first kappa shape index (κ1) is 80.9. The zero-order valence-corrected chi connectivity index (χ0v) is 67.8. The lowest BCUT2D eigenvalue weighted by Gasteiger charge is -2.17. The summed E-state index contributed by atoms with van der Waals surface area (Å²) in [5.74, 6) is 3.72. The Labute approximate surface area is 700 Å². The van der Waals surface area contributed by atoms with E-state index in [2.05, 4.69) is 107 Å². The molecule has 2 unspecified atom stereocenters. The third-order valence-corrected chi connectivity index (χ3v) is 20.6. The topological polar surface area (TPSA) is 406 Å². The van der Waals surface area contributed by atoms with Crippen LogP contribution in [0, 0.1) is 92.8 Å². The average molecular weight is 1620 g/mol. The molecule has 2 aliphatic heterocycles. The van der Waals surface area contributed by atoms with E-state index in [0.717, 1.165) is 95.1 Å². The molecule has 30 heteroatoms. The molecule has 7 aromatic carbocycles. The first-order valence-corrected chi connectivity index (χ1v) is 38.9. The number of rotatable bonds is 18. The number of hydrogen-bond acceptors (Lipinski definition) is 24. The van der Waals surface area contributed by atoms with Crippen LogP contribution in [0.15, 0.2) is 195 Å². The quantitative estimate of drug-likeness (QED) is 0.0464. The third kappa shape index (κ3) is 18.0. The summed E-state index contributed by atoms with van der Waals surface area (Å²) in [6.07, 6.45) is 9.05. The minimum atomic E-state index is -0.439. The second-order valence-electron chi connectivity index (χ2n) is 29.7. The Hall–Kier alpha value is -16.3. The van der Waals surface area contributed by atoms with Gasteiger partial charge < -0.3 is 64.5 Å². The van der Waals surface area contributed by atoms with Gasteiger partial charge in [-0.1, -0.05) is 12.1 Å². The second-order valence-corrected chi connectivity index (χ2v) is 29.7. The van der Waals surface area contributed by atoms with Crippen LogP contribution < -0.4 is 30.2 Å². The van der Waals surface area contributed by atoms with E-state index in [-0.39, 0.29) is 23.6 Å². The van der Waals surface area contributed by atoms with E-state index in [4.69, 9.17) is 40.2 Å². The van der Waals surface area contributed by atoms with Gasteiger partial charge >= 0.3 is 0 Å². The molecule has 8 aromatic heterocycles. The van der Waals surface area contributed by atoms with Crippen LogP contribution in [0.2, 0.25) is 0 Å². The summed E-state index contributed by atoms with van der Waals surface area (Å²) < 4.78 is 21.1. The number of carbonyl (C=O) groups excluding carboxylic acids is 3. The van der Waals surface area contributed by atoms with Gasteiger partial charge in [-0.3, -0.25) is 24.4 Å². The molecule has 122 heavy (non-hydrogen) atoms. The molecular weight excluding hydrogens is 1540 g/mol. The van der Waals surface area contributed by atoms with Gasteiger partial charge in [0, 0.05) is 99.7 Å². The minimum absolute atomic E-state index is 0.0564. The number of hydrogen-bond donors (Lipinski definition) is 6. The lowest BCUT2D eigenvalue weighted by atomic mass is 9.98. The van der Waals surface area contributed by atoms with Gasteiger partial charge in [0.2, 0.25) is 23.7 Å². The molecule has 0 radical (unpaired) electrons. The van der Waals surface area contributed by atoms with Crippen LogP contribution in [0.25, 0.3) is 67.0 Å². The number of aliphatic hydroxyl groups is 1. The van der Waals surface area contributed by atoms with E-state index in [1.807, 2.05) is 138 Å². The van der Waals surface area contributed by atoms with Crippen molar-refractivity contribution in [1.82, 2.24) is 79.1 Å². The van der Waals surface area contributed by atoms with Crippen LogP contribution in [0.5, 0.6) is 34.9 Å². The SMILES string of the molecule is Cc1cc(-c2ccc(C(=O)N(C)C)cn2)cc(C)c1Oc1nc(Nc2ccc(C#N)cc2)nc2nc[nH]c12.Cc1cc(-c2ccc(C(=O)N3CCC(C#N)C3)cn2)cc(C)c1Oc1nc(Nc2ccc(C#N)cc2)nc2nc[nH]c12.Cc1cc(-c2ccc(C(=O)N3CCC(O)C3)cc2)cc(C)c1Oc1nc(Nc2ccc(C#N)cc2)nc2ccn(C)c12. The monoisotopic (exact) mass is 1620 g/mol. The van der Waals surface area contributed by atoms with Crippen molar-refractivity contribution >= 4 is 86.0 Å². The van der Waals surface area contributed by atoms with Crippen LogP contribution in [-0.2, 0) is 7.05 Å². The lowest BCUT2D eigenvalue weighted by molar-refractivity contribution is 0.0763. The maximum Gasteiger partial charge on any atom is 0.255 e. The Balaban J connectivity index is 0.000000142. The molecule has 0 saturated carbocycles. The van der Waals surface area contributed by atoms with Crippen molar-refractivity contribution < 1.29 is 33.7 Å². The number of imidazole rings is 2. The van der Waals surface area contributed by atoms with Crippen LogP contribution in [0.1, 0.15) is 94.0 Å².